The molecule has 2 unspecified atom stereocenters. The summed E-state index contributed by atoms with van der Waals surface area (Å²) in [5.74, 6) is 0.0613. The third kappa shape index (κ3) is 1.23. The van der Waals surface area contributed by atoms with Crippen molar-refractivity contribution < 1.29 is 9.84 Å². The van der Waals surface area contributed by atoms with Crippen LogP contribution in [0.3, 0.4) is 0 Å². The van der Waals surface area contributed by atoms with Gasteiger partial charge in [0, 0.05) is 13.2 Å². The molecule has 0 radical (unpaired) electrons. The van der Waals surface area contributed by atoms with Crippen LogP contribution in [-0.4, -0.2) is 34.2 Å². The predicted octanol–water partition coefficient (Wildman–Crippen LogP) is -0.105. The molecule has 66 valence electrons. The van der Waals surface area contributed by atoms with Gasteiger partial charge in [0.15, 0.2) is 0 Å². The Bertz CT molecular complexity index is 272. The van der Waals surface area contributed by atoms with Crippen molar-refractivity contribution in [3.05, 3.63) is 18.0 Å². The lowest BCUT2D eigenvalue weighted by atomic mass is 10.0. The normalized spacial score (nSPS) is 29.5. The van der Waals surface area contributed by atoms with Crippen molar-refractivity contribution in [3.63, 3.8) is 0 Å². The molecule has 2 atom stereocenters. The molecule has 1 aliphatic rings. The van der Waals surface area contributed by atoms with E-state index in [2.05, 4.69) is 5.10 Å². The number of nitrogens with zero attached hydrogens (tertiary/aromatic N) is 2. The van der Waals surface area contributed by atoms with E-state index in [4.69, 9.17) is 4.74 Å². The minimum atomic E-state index is -0.389. The summed E-state index contributed by atoms with van der Waals surface area (Å²) in [5, 5.41) is 13.7. The van der Waals surface area contributed by atoms with Gasteiger partial charge >= 0.3 is 0 Å². The van der Waals surface area contributed by atoms with Gasteiger partial charge in [-0.15, -0.1) is 0 Å². The van der Waals surface area contributed by atoms with Crippen LogP contribution in [0.25, 0.3) is 0 Å². The molecule has 4 heteroatoms. The molecule has 4 nitrogen and oxygen atoms in total. The van der Waals surface area contributed by atoms with Crippen LogP contribution in [0.5, 0.6) is 0 Å². The third-order valence-electron chi connectivity index (χ3n) is 2.16. The predicted molar refractivity (Wildman–Crippen MR) is 42.8 cm³/mol. The second kappa shape index (κ2) is 2.88. The molecule has 0 spiro atoms. The van der Waals surface area contributed by atoms with Crippen LogP contribution < -0.4 is 0 Å². The molecule has 1 aliphatic heterocycles. The first-order valence-electron chi connectivity index (χ1n) is 4.03. The first kappa shape index (κ1) is 7.76. The molecular formula is C8H12N2O2. The van der Waals surface area contributed by atoms with Gasteiger partial charge in [-0.3, -0.25) is 4.68 Å². The number of hydrogen-bond acceptors (Lipinski definition) is 3. The van der Waals surface area contributed by atoms with Crippen LogP contribution in [-0.2, 0) is 11.8 Å². The van der Waals surface area contributed by atoms with Gasteiger partial charge in [-0.05, 0) is 6.07 Å². The highest BCUT2D eigenvalue weighted by atomic mass is 16.5. The molecule has 1 fully saturated rings. The van der Waals surface area contributed by atoms with E-state index in [0.29, 0.717) is 13.2 Å². The summed E-state index contributed by atoms with van der Waals surface area (Å²) in [6, 6.07) is 1.92. The fourth-order valence-electron chi connectivity index (χ4n) is 1.46. The molecule has 1 saturated heterocycles. The van der Waals surface area contributed by atoms with Crippen LogP contribution in [0.2, 0.25) is 0 Å². The zero-order chi connectivity index (χ0) is 8.55. The van der Waals surface area contributed by atoms with E-state index in [1.54, 1.807) is 4.68 Å². The maximum atomic E-state index is 9.48. The lowest BCUT2D eigenvalue weighted by molar-refractivity contribution is 0.124. The Hall–Kier alpha value is -0.870. The van der Waals surface area contributed by atoms with Gasteiger partial charge in [-0.2, -0.15) is 5.10 Å². The molecule has 0 amide bonds. The lowest BCUT2D eigenvalue weighted by Crippen LogP contribution is -2.16. The second-order valence-electron chi connectivity index (χ2n) is 3.13. The molecular weight excluding hydrogens is 156 g/mol. The average molecular weight is 168 g/mol. The van der Waals surface area contributed by atoms with Gasteiger partial charge in [-0.1, -0.05) is 0 Å². The monoisotopic (exact) mass is 168 g/mol. The van der Waals surface area contributed by atoms with E-state index >= 15 is 0 Å². The zero-order valence-electron chi connectivity index (χ0n) is 6.97. The Morgan fingerprint density at radius 1 is 1.67 bits per heavy atom. The molecule has 0 bridgehead atoms. The number of hydrogen-bond donors (Lipinski definition) is 1. The minimum absolute atomic E-state index is 0.0613. The summed E-state index contributed by atoms with van der Waals surface area (Å²) in [6.45, 7) is 1.01. The molecule has 0 aliphatic carbocycles. The number of aryl methyl sites for hydroxylation is 1. The smallest absolute Gasteiger partial charge is 0.0880 e. The fourth-order valence-corrected chi connectivity index (χ4v) is 1.46. The van der Waals surface area contributed by atoms with Crippen molar-refractivity contribution in [2.24, 2.45) is 7.05 Å². The summed E-state index contributed by atoms with van der Waals surface area (Å²) in [4.78, 5) is 0. The molecule has 0 saturated carbocycles. The Morgan fingerprint density at radius 3 is 3.00 bits per heavy atom. The van der Waals surface area contributed by atoms with Gasteiger partial charge in [-0.25, -0.2) is 0 Å². The van der Waals surface area contributed by atoms with Crippen LogP contribution in [0, 0.1) is 0 Å². The van der Waals surface area contributed by atoms with Crippen LogP contribution >= 0.6 is 0 Å². The van der Waals surface area contributed by atoms with E-state index in [1.807, 2.05) is 19.3 Å². The summed E-state index contributed by atoms with van der Waals surface area (Å²) in [6.07, 6.45) is 1.49. The maximum absolute atomic E-state index is 9.48. The zero-order valence-corrected chi connectivity index (χ0v) is 6.97. The van der Waals surface area contributed by atoms with E-state index in [-0.39, 0.29) is 12.0 Å². The molecule has 12 heavy (non-hydrogen) atoms. The molecule has 2 heterocycles. The first-order valence-corrected chi connectivity index (χ1v) is 4.03. The summed E-state index contributed by atoms with van der Waals surface area (Å²) in [5.41, 5.74) is 0.919. The standard InChI is InChI=1S/C8H12N2O2/c1-10-3-2-7(9-10)6-4-12-5-8(6)11/h2-3,6,8,11H,4-5H2,1H3. The van der Waals surface area contributed by atoms with Gasteiger partial charge in [0.2, 0.25) is 0 Å². The highest BCUT2D eigenvalue weighted by Crippen LogP contribution is 2.23. The Morgan fingerprint density at radius 2 is 2.50 bits per heavy atom. The SMILES string of the molecule is Cn1ccc(C2COCC2O)n1. The van der Waals surface area contributed by atoms with Gasteiger partial charge < -0.3 is 9.84 Å². The van der Waals surface area contributed by atoms with Crippen molar-refractivity contribution in [1.82, 2.24) is 9.78 Å². The van der Waals surface area contributed by atoms with Crippen molar-refractivity contribution in [1.29, 1.82) is 0 Å². The van der Waals surface area contributed by atoms with E-state index in [0.717, 1.165) is 5.69 Å². The van der Waals surface area contributed by atoms with Crippen molar-refractivity contribution >= 4 is 0 Å². The second-order valence-corrected chi connectivity index (χ2v) is 3.13. The van der Waals surface area contributed by atoms with Crippen LogP contribution in [0.1, 0.15) is 11.6 Å². The van der Waals surface area contributed by atoms with E-state index in [1.165, 1.54) is 0 Å². The number of aromatic nitrogens is 2. The van der Waals surface area contributed by atoms with Crippen molar-refractivity contribution in [2.75, 3.05) is 13.2 Å². The number of aliphatic hydroxyl groups is 1. The van der Waals surface area contributed by atoms with Crippen LogP contribution in [0.15, 0.2) is 12.3 Å². The lowest BCUT2D eigenvalue weighted by Gasteiger charge is -2.07. The number of aliphatic hydroxyl groups excluding tert-OH is 1. The minimum Gasteiger partial charge on any atom is -0.390 e. The first-order chi connectivity index (χ1) is 5.77. The Balaban J connectivity index is 2.19. The van der Waals surface area contributed by atoms with E-state index in [9.17, 15) is 5.11 Å². The maximum Gasteiger partial charge on any atom is 0.0880 e. The molecule has 1 aromatic heterocycles. The Labute approximate surface area is 70.8 Å². The number of rotatable bonds is 1. The largest absolute Gasteiger partial charge is 0.390 e. The topological polar surface area (TPSA) is 47.3 Å². The fraction of sp³-hybridized carbons (Fsp3) is 0.625. The van der Waals surface area contributed by atoms with Crippen LogP contribution in [0.4, 0.5) is 0 Å². The van der Waals surface area contributed by atoms with Gasteiger partial charge in [0.1, 0.15) is 0 Å². The molecule has 1 N–H and O–H groups in total. The molecule has 1 aromatic rings. The summed E-state index contributed by atoms with van der Waals surface area (Å²) in [7, 11) is 1.87. The average Bonchev–Trinajstić information content (AvgIpc) is 2.58. The quantitative estimate of drug-likeness (QED) is 0.636. The van der Waals surface area contributed by atoms with Crippen molar-refractivity contribution in [3.8, 4) is 0 Å². The Kier molecular flexibility index (Phi) is 1.86. The van der Waals surface area contributed by atoms with Crippen molar-refractivity contribution in [2.45, 2.75) is 12.0 Å². The molecule has 2 rings (SSSR count). The highest BCUT2D eigenvalue weighted by Gasteiger charge is 2.29. The third-order valence-corrected chi connectivity index (χ3v) is 2.16. The molecule has 0 aromatic carbocycles. The van der Waals surface area contributed by atoms with E-state index < -0.39 is 0 Å². The summed E-state index contributed by atoms with van der Waals surface area (Å²) < 4.78 is 6.87. The summed E-state index contributed by atoms with van der Waals surface area (Å²) >= 11 is 0. The van der Waals surface area contributed by atoms with Gasteiger partial charge in [0.05, 0.1) is 30.9 Å². The highest BCUT2D eigenvalue weighted by molar-refractivity contribution is 5.10. The number of ether oxygens (including phenoxy) is 1. The van der Waals surface area contributed by atoms with Gasteiger partial charge in [0.25, 0.3) is 0 Å².